The van der Waals surface area contributed by atoms with E-state index in [1.807, 2.05) is 55.4 Å². The predicted octanol–water partition coefficient (Wildman–Crippen LogP) is 9.06. The Bertz CT molecular complexity index is 2460. The van der Waals surface area contributed by atoms with E-state index in [1.165, 1.54) is 88.7 Å². The van der Waals surface area contributed by atoms with Gasteiger partial charge in [-0.05, 0) is 24.3 Å². The number of rotatable bonds is 0. The van der Waals surface area contributed by atoms with E-state index in [0.29, 0.717) is 0 Å². The van der Waals surface area contributed by atoms with Gasteiger partial charge in [0.25, 0.3) is 0 Å². The first-order valence-electron chi connectivity index (χ1n) is 18.3. The minimum atomic E-state index is -0.673. The average molecular weight is 641 g/mol. The third-order valence-corrected chi connectivity index (χ3v) is 10.1. The van der Waals surface area contributed by atoms with Gasteiger partial charge in [0, 0.05) is 45.8 Å². The van der Waals surface area contributed by atoms with Gasteiger partial charge in [0.05, 0.1) is 44.3 Å². The van der Waals surface area contributed by atoms with E-state index in [-0.39, 0.29) is 0 Å². The van der Waals surface area contributed by atoms with Gasteiger partial charge in [-0.25, -0.2) is 0 Å². The van der Waals surface area contributed by atoms with Crippen molar-refractivity contribution in [3.8, 4) is 0 Å². The fraction of sp³-hybridized carbons (Fsp3) is 0.200. The fourth-order valence-corrected chi connectivity index (χ4v) is 8.75. The predicted molar refractivity (Wildman–Crippen MR) is 208 cm³/mol. The van der Waals surface area contributed by atoms with E-state index in [0.717, 1.165) is 0 Å². The monoisotopic (exact) mass is 640 g/mol. The molecule has 0 N–H and O–H groups in total. The van der Waals surface area contributed by atoms with E-state index in [2.05, 4.69) is 140 Å². The van der Waals surface area contributed by atoms with Crippen molar-refractivity contribution in [3.05, 3.63) is 141 Å². The largest absolute Gasteiger partial charge is 0.553 e. The molecule has 2 aromatic heterocycles. The maximum Gasteiger partial charge on any atom is 0.553 e. The van der Waals surface area contributed by atoms with Gasteiger partial charge in [-0.1, -0.05) is 137 Å². The summed E-state index contributed by atoms with van der Waals surface area (Å²) >= 11 is 0. The molecule has 0 saturated carbocycles. The van der Waals surface area contributed by atoms with Gasteiger partial charge in [0.15, 0.2) is 0 Å². The van der Waals surface area contributed by atoms with Gasteiger partial charge in [-0.3, -0.25) is 0 Å². The first-order valence-corrected chi connectivity index (χ1v) is 18.3. The Hall–Kier alpha value is -5.48. The van der Waals surface area contributed by atoms with Gasteiger partial charge >= 0.3 is 5.91 Å². The normalized spacial score (nSPS) is 15.9. The second kappa shape index (κ2) is 11.3. The first-order chi connectivity index (χ1) is 24.4. The molecule has 4 heteroatoms. The first kappa shape index (κ1) is 30.8. The number of hydrogen-bond acceptors (Lipinski definition) is 0. The molecule has 6 aliphatic rings. The molecule has 1 spiro atoms. The van der Waals surface area contributed by atoms with Gasteiger partial charge in [-0.15, -0.1) is 0 Å². The third-order valence-electron chi connectivity index (χ3n) is 10.1. The molecule has 0 radical (unpaired) electrons. The van der Waals surface area contributed by atoms with Crippen LogP contribution in [0.25, 0.3) is 57.2 Å². The molecule has 6 aliphatic heterocycles. The van der Waals surface area contributed by atoms with Crippen LogP contribution in [0.5, 0.6) is 0 Å². The van der Waals surface area contributed by atoms with Crippen LogP contribution < -0.4 is 10.7 Å². The summed E-state index contributed by atoms with van der Waals surface area (Å²) in [5.74, 6) is -0.673. The minimum absolute atomic E-state index is 0.673. The van der Waals surface area contributed by atoms with Crippen molar-refractivity contribution in [2.45, 2.75) is 61.3 Å². The molecule has 6 aromatic rings. The average Bonchev–Trinajstić information content (AvgIpc) is 3.91. The molecule has 242 valence electrons. The molecule has 49 heavy (non-hydrogen) atoms. The lowest BCUT2D eigenvalue weighted by molar-refractivity contribution is -0.805. The van der Waals surface area contributed by atoms with Crippen LogP contribution in [0.4, 0.5) is 0 Å². The summed E-state index contributed by atoms with van der Waals surface area (Å²) in [6.07, 6.45) is 9.74. The highest BCUT2D eigenvalue weighted by Gasteiger charge is 2.72. The van der Waals surface area contributed by atoms with Crippen molar-refractivity contribution in [2.75, 3.05) is 0 Å². The zero-order valence-corrected chi connectivity index (χ0v) is 29.8. The lowest BCUT2D eigenvalue weighted by Gasteiger charge is -2.37. The summed E-state index contributed by atoms with van der Waals surface area (Å²) in [5.41, 5.74) is 12.8. The number of aromatic nitrogens is 2. The van der Waals surface area contributed by atoms with Gasteiger partial charge in [0.2, 0.25) is 22.8 Å². The second-order valence-electron chi connectivity index (χ2n) is 11.8. The maximum atomic E-state index is 2.63. The molecule has 0 saturated heterocycles. The van der Waals surface area contributed by atoms with Crippen LogP contribution in [-0.2, 0) is 5.91 Å². The summed E-state index contributed by atoms with van der Waals surface area (Å²) in [5, 5.41) is 7.72. The van der Waals surface area contributed by atoms with E-state index < -0.39 is 5.91 Å². The summed E-state index contributed by atoms with van der Waals surface area (Å²) in [7, 11) is 0. The standard InChI is InChI=1S/C37H20N4.4C2H6/c1-2-10-22-21(9-1)29-17-31-23-11-3-4-12-24(23)33-19-35-27-15-7-8-16-28(27)36-20-34-26-14-6-5-13-25(26)32-18-30(22)38(29)37(39(31)33,40(32)34)41(35)36;4*1-2/h1-20H;4*1-2H3/q+2;;;;. The van der Waals surface area contributed by atoms with Crippen molar-refractivity contribution in [2.24, 2.45) is 0 Å². The molecular weight excluding hydrogens is 597 g/mol. The van der Waals surface area contributed by atoms with Gasteiger partial charge < -0.3 is 0 Å². The van der Waals surface area contributed by atoms with Crippen LogP contribution >= 0.6 is 0 Å². The molecule has 4 aromatic carbocycles. The zero-order chi connectivity index (χ0) is 34.2. The van der Waals surface area contributed by atoms with Crippen molar-refractivity contribution >= 4 is 68.7 Å². The Morgan fingerprint density at radius 3 is 1.14 bits per heavy atom. The molecule has 8 heterocycles. The zero-order valence-electron chi connectivity index (χ0n) is 29.8. The fourth-order valence-electron chi connectivity index (χ4n) is 8.75. The van der Waals surface area contributed by atoms with Gasteiger partial charge in [0.1, 0.15) is 0 Å². The van der Waals surface area contributed by atoms with Crippen molar-refractivity contribution < 1.29 is 9.15 Å². The molecule has 12 rings (SSSR count). The number of fused-ring (bicyclic) bond motifs is 12. The molecular formula is C45H44N4+2. The van der Waals surface area contributed by atoms with Crippen molar-refractivity contribution in [1.82, 2.24) is 9.13 Å². The molecule has 0 atom stereocenters. The van der Waals surface area contributed by atoms with E-state index in [9.17, 15) is 0 Å². The summed E-state index contributed by atoms with van der Waals surface area (Å²) in [4.78, 5) is 0. The van der Waals surface area contributed by atoms with Crippen LogP contribution in [0, 0.1) is 0 Å². The quantitative estimate of drug-likeness (QED) is 0.147. The molecule has 0 fully saturated rings. The van der Waals surface area contributed by atoms with Crippen molar-refractivity contribution in [1.29, 1.82) is 0 Å². The lowest BCUT2D eigenvalue weighted by Crippen LogP contribution is -2.69. The lowest BCUT2D eigenvalue weighted by atomic mass is 10.0. The maximum absolute atomic E-state index is 2.63. The highest BCUT2D eigenvalue weighted by molar-refractivity contribution is 6.27. The Kier molecular flexibility index (Phi) is 7.11. The summed E-state index contributed by atoms with van der Waals surface area (Å²) < 4.78 is 10.5. The highest BCUT2D eigenvalue weighted by atomic mass is 15.6. The summed E-state index contributed by atoms with van der Waals surface area (Å²) in [6, 6.07) is 35.8. The Labute approximate surface area is 288 Å². The minimum Gasteiger partial charge on any atom is -0.198 e. The Morgan fingerprint density at radius 2 is 0.735 bits per heavy atom. The number of hydrogen-bond donors (Lipinski definition) is 0. The van der Waals surface area contributed by atoms with Crippen LogP contribution in [0.15, 0.2) is 97.1 Å². The van der Waals surface area contributed by atoms with Crippen LogP contribution in [0.3, 0.4) is 0 Å². The highest BCUT2D eigenvalue weighted by Crippen LogP contribution is 2.53. The van der Waals surface area contributed by atoms with Crippen LogP contribution in [-0.4, -0.2) is 29.7 Å². The topological polar surface area (TPSA) is 15.9 Å². The van der Waals surface area contributed by atoms with Gasteiger partial charge in [-0.2, -0.15) is 9.13 Å². The molecule has 0 aliphatic carbocycles. The van der Waals surface area contributed by atoms with E-state index in [4.69, 9.17) is 0 Å². The Balaban J connectivity index is 0.000000410. The Morgan fingerprint density at radius 1 is 0.388 bits per heavy atom. The smallest absolute Gasteiger partial charge is 0.198 e. The third kappa shape index (κ3) is 3.44. The SMILES string of the molecule is C1=C2c3ccccc3C3=[N+]2C24n5c1c1ccccc1c5C=C1c5ccccc5C(=[N+]12)C=c1c2ccccc2c(n14)=C3.CC.CC.CC.CC. The molecule has 4 nitrogen and oxygen atoms in total. The van der Waals surface area contributed by atoms with Crippen LogP contribution in [0.1, 0.15) is 89.0 Å². The molecule has 0 amide bonds. The van der Waals surface area contributed by atoms with E-state index >= 15 is 0 Å². The molecule has 0 unspecified atom stereocenters. The van der Waals surface area contributed by atoms with Crippen molar-refractivity contribution in [3.63, 3.8) is 0 Å². The van der Waals surface area contributed by atoms with Crippen LogP contribution in [0.2, 0.25) is 0 Å². The summed E-state index contributed by atoms with van der Waals surface area (Å²) in [6.45, 7) is 16.0. The second-order valence-corrected chi connectivity index (χ2v) is 11.8. The van der Waals surface area contributed by atoms with E-state index in [1.54, 1.807) is 0 Å². The number of benzene rings is 4. The molecule has 0 bridgehead atoms. The number of nitrogens with zero attached hydrogens (tertiary/aromatic N) is 4.